The second-order valence-corrected chi connectivity index (χ2v) is 5.27. The van der Waals surface area contributed by atoms with E-state index in [1.54, 1.807) is 17.5 Å². The van der Waals surface area contributed by atoms with Crippen LogP contribution in [0.1, 0.15) is 36.4 Å². The van der Waals surface area contributed by atoms with Crippen LogP contribution < -0.4 is 5.32 Å². The highest BCUT2D eigenvalue weighted by Crippen LogP contribution is 2.36. The van der Waals surface area contributed by atoms with E-state index in [-0.39, 0.29) is 0 Å². The Balaban J connectivity index is 1.96. The molecule has 1 atom stereocenters. The van der Waals surface area contributed by atoms with Crippen molar-refractivity contribution in [2.24, 2.45) is 0 Å². The van der Waals surface area contributed by atoms with Crippen LogP contribution in [-0.2, 0) is 6.42 Å². The minimum Gasteiger partial charge on any atom is -0.309 e. The maximum Gasteiger partial charge on any atom is 0.146 e. The molecule has 5 nitrogen and oxygen atoms in total. The van der Waals surface area contributed by atoms with Gasteiger partial charge in [0, 0.05) is 4.88 Å². The van der Waals surface area contributed by atoms with Crippen molar-refractivity contribution in [2.45, 2.75) is 32.2 Å². The summed E-state index contributed by atoms with van der Waals surface area (Å²) in [6.07, 6.45) is 5.30. The summed E-state index contributed by atoms with van der Waals surface area (Å²) >= 11 is 1.75. The van der Waals surface area contributed by atoms with Gasteiger partial charge in [-0.2, -0.15) is 15.4 Å². The molecule has 90 valence electrons. The minimum atomic E-state index is 0.417. The van der Waals surface area contributed by atoms with E-state index in [9.17, 15) is 0 Å². The van der Waals surface area contributed by atoms with Gasteiger partial charge in [0.2, 0.25) is 0 Å². The van der Waals surface area contributed by atoms with Crippen molar-refractivity contribution in [2.75, 3.05) is 6.54 Å². The second-order valence-electron chi connectivity index (χ2n) is 4.19. The van der Waals surface area contributed by atoms with Crippen LogP contribution in [0.5, 0.6) is 0 Å². The van der Waals surface area contributed by atoms with Crippen LogP contribution in [0.15, 0.2) is 6.20 Å². The third-order valence-electron chi connectivity index (χ3n) is 3.04. The molecule has 6 heteroatoms. The highest BCUT2D eigenvalue weighted by Gasteiger charge is 2.24. The molecule has 2 aromatic rings. The molecule has 0 radical (unpaired) electrons. The van der Waals surface area contributed by atoms with Crippen molar-refractivity contribution < 1.29 is 0 Å². The van der Waals surface area contributed by atoms with Crippen LogP contribution in [0, 0.1) is 0 Å². The number of fused-ring (bicyclic) bond motifs is 1. The molecule has 17 heavy (non-hydrogen) atoms. The summed E-state index contributed by atoms with van der Waals surface area (Å²) in [6.45, 7) is 3.13. The first kappa shape index (κ1) is 10.9. The monoisotopic (exact) mass is 249 g/mol. The quantitative estimate of drug-likeness (QED) is 0.872. The average Bonchev–Trinajstić information content (AvgIpc) is 2.98. The van der Waals surface area contributed by atoms with Gasteiger partial charge in [-0.25, -0.2) is 4.98 Å². The van der Waals surface area contributed by atoms with Gasteiger partial charge in [0.25, 0.3) is 0 Å². The van der Waals surface area contributed by atoms with Crippen molar-refractivity contribution in [1.82, 2.24) is 25.7 Å². The van der Waals surface area contributed by atoms with E-state index in [0.29, 0.717) is 6.04 Å². The van der Waals surface area contributed by atoms with Gasteiger partial charge in [0.05, 0.1) is 17.9 Å². The van der Waals surface area contributed by atoms with Crippen LogP contribution in [0.25, 0.3) is 10.7 Å². The number of rotatable bonds is 3. The van der Waals surface area contributed by atoms with Crippen molar-refractivity contribution >= 4 is 11.3 Å². The predicted molar refractivity (Wildman–Crippen MR) is 66.8 cm³/mol. The zero-order chi connectivity index (χ0) is 11.7. The molecule has 3 rings (SSSR count). The molecule has 0 saturated carbocycles. The van der Waals surface area contributed by atoms with Crippen molar-refractivity contribution in [1.29, 1.82) is 0 Å². The minimum absolute atomic E-state index is 0.417. The third-order valence-corrected chi connectivity index (χ3v) is 4.19. The van der Waals surface area contributed by atoms with Crippen molar-refractivity contribution in [3.63, 3.8) is 0 Å². The number of nitrogens with one attached hydrogen (secondary N) is 2. The molecule has 2 N–H and O–H groups in total. The highest BCUT2D eigenvalue weighted by molar-refractivity contribution is 7.15. The van der Waals surface area contributed by atoms with E-state index < -0.39 is 0 Å². The molecule has 0 amide bonds. The largest absolute Gasteiger partial charge is 0.309 e. The summed E-state index contributed by atoms with van der Waals surface area (Å²) in [5.41, 5.74) is 2.07. The highest BCUT2D eigenvalue weighted by atomic mass is 32.1. The first-order valence-corrected chi connectivity index (χ1v) is 6.79. The van der Waals surface area contributed by atoms with Crippen LogP contribution >= 0.6 is 11.3 Å². The molecule has 0 saturated heterocycles. The van der Waals surface area contributed by atoms with E-state index in [1.807, 2.05) is 0 Å². The number of H-pyrrole nitrogens is 1. The van der Waals surface area contributed by atoms with E-state index >= 15 is 0 Å². The molecule has 1 aliphatic carbocycles. The lowest BCUT2D eigenvalue weighted by Gasteiger charge is -2.21. The van der Waals surface area contributed by atoms with Gasteiger partial charge in [-0.1, -0.05) is 6.92 Å². The average molecular weight is 249 g/mol. The van der Waals surface area contributed by atoms with Crippen LogP contribution in [-0.4, -0.2) is 26.9 Å². The Morgan fingerprint density at radius 1 is 1.59 bits per heavy atom. The lowest BCUT2D eigenvalue weighted by Crippen LogP contribution is -2.24. The van der Waals surface area contributed by atoms with E-state index in [2.05, 4.69) is 27.7 Å². The number of aromatic nitrogens is 4. The first-order chi connectivity index (χ1) is 8.38. The Morgan fingerprint density at radius 3 is 3.29 bits per heavy atom. The van der Waals surface area contributed by atoms with Gasteiger partial charge in [-0.15, -0.1) is 11.3 Å². The summed E-state index contributed by atoms with van der Waals surface area (Å²) < 4.78 is 0. The Bertz CT molecular complexity index is 490. The summed E-state index contributed by atoms with van der Waals surface area (Å²) in [4.78, 5) is 6.13. The fourth-order valence-corrected chi connectivity index (χ4v) is 3.40. The normalized spacial score (nSPS) is 19.2. The SMILES string of the molecule is CCNC1CCCc2sc(-c3cn[nH]n3)nc21. The third kappa shape index (κ3) is 1.98. The van der Waals surface area contributed by atoms with Gasteiger partial charge < -0.3 is 5.32 Å². The Kier molecular flexibility index (Phi) is 2.90. The number of hydrogen-bond donors (Lipinski definition) is 2. The molecule has 0 spiro atoms. The molecular formula is C11H15N5S. The number of thiazole rings is 1. The number of aryl methyl sites for hydroxylation is 1. The zero-order valence-electron chi connectivity index (χ0n) is 9.73. The molecule has 1 unspecified atom stereocenters. The zero-order valence-corrected chi connectivity index (χ0v) is 10.5. The maximum absolute atomic E-state index is 4.73. The molecule has 0 aliphatic heterocycles. The standard InChI is InChI=1S/C11H15N5S/c1-2-12-7-4-3-5-9-10(7)14-11(17-9)8-6-13-16-15-8/h6-7,12H,2-5H2,1H3,(H,13,15,16). The van der Waals surface area contributed by atoms with E-state index in [0.717, 1.165) is 23.7 Å². The molecule has 0 fully saturated rings. The number of hydrogen-bond acceptors (Lipinski definition) is 5. The van der Waals surface area contributed by atoms with Crippen molar-refractivity contribution in [3.05, 3.63) is 16.8 Å². The summed E-state index contributed by atoms with van der Waals surface area (Å²) in [5, 5.41) is 15.0. The van der Waals surface area contributed by atoms with Crippen LogP contribution in [0.3, 0.4) is 0 Å². The van der Waals surface area contributed by atoms with E-state index in [4.69, 9.17) is 4.98 Å². The van der Waals surface area contributed by atoms with Crippen LogP contribution in [0.2, 0.25) is 0 Å². The predicted octanol–water partition coefficient (Wildman–Crippen LogP) is 1.92. The summed E-state index contributed by atoms with van der Waals surface area (Å²) in [5.74, 6) is 0. The molecule has 1 aliphatic rings. The molecule has 0 bridgehead atoms. The number of nitrogens with zero attached hydrogens (tertiary/aromatic N) is 3. The fraction of sp³-hybridized carbons (Fsp3) is 0.545. The first-order valence-electron chi connectivity index (χ1n) is 5.97. The van der Waals surface area contributed by atoms with Gasteiger partial charge >= 0.3 is 0 Å². The van der Waals surface area contributed by atoms with E-state index in [1.165, 1.54) is 23.4 Å². The lowest BCUT2D eigenvalue weighted by molar-refractivity contribution is 0.465. The second kappa shape index (κ2) is 4.54. The molecule has 0 aromatic carbocycles. The number of aromatic amines is 1. The Morgan fingerprint density at radius 2 is 2.53 bits per heavy atom. The van der Waals surface area contributed by atoms with Crippen LogP contribution in [0.4, 0.5) is 0 Å². The summed E-state index contributed by atoms with van der Waals surface area (Å²) in [6, 6.07) is 0.417. The van der Waals surface area contributed by atoms with Gasteiger partial charge in [-0.3, -0.25) is 0 Å². The molecule has 2 heterocycles. The Hall–Kier alpha value is -1.27. The van der Waals surface area contributed by atoms with Gasteiger partial charge in [-0.05, 0) is 25.8 Å². The smallest absolute Gasteiger partial charge is 0.146 e. The maximum atomic E-state index is 4.73. The molecule has 2 aromatic heterocycles. The summed E-state index contributed by atoms with van der Waals surface area (Å²) in [7, 11) is 0. The topological polar surface area (TPSA) is 66.5 Å². The Labute approximate surface area is 104 Å². The lowest BCUT2D eigenvalue weighted by atomic mass is 9.98. The molecular weight excluding hydrogens is 234 g/mol. The van der Waals surface area contributed by atoms with Gasteiger partial charge in [0.1, 0.15) is 10.7 Å². The fourth-order valence-electron chi connectivity index (χ4n) is 2.28. The van der Waals surface area contributed by atoms with Gasteiger partial charge in [0.15, 0.2) is 0 Å². The van der Waals surface area contributed by atoms with Crippen molar-refractivity contribution in [3.8, 4) is 10.7 Å².